The summed E-state index contributed by atoms with van der Waals surface area (Å²) in [5, 5.41) is 1.70. The summed E-state index contributed by atoms with van der Waals surface area (Å²) in [5.41, 5.74) is 1.11. The molecule has 1 saturated heterocycles. The van der Waals surface area contributed by atoms with E-state index in [0.29, 0.717) is 5.75 Å². The summed E-state index contributed by atoms with van der Waals surface area (Å²) < 4.78 is 48.8. The number of nitrogens with zero attached hydrogens (tertiary/aromatic N) is 2. The van der Waals surface area contributed by atoms with Crippen molar-refractivity contribution in [3.63, 3.8) is 0 Å². The van der Waals surface area contributed by atoms with Gasteiger partial charge in [-0.2, -0.15) is 0 Å². The van der Waals surface area contributed by atoms with E-state index in [9.17, 15) is 12.8 Å². The molecule has 4 rings (SSSR count). The Morgan fingerprint density at radius 1 is 1.03 bits per heavy atom. The van der Waals surface area contributed by atoms with Crippen molar-refractivity contribution in [2.45, 2.75) is 24.2 Å². The lowest BCUT2D eigenvalue weighted by molar-refractivity contribution is 0.311. The van der Waals surface area contributed by atoms with Crippen molar-refractivity contribution >= 4 is 26.5 Å². The van der Waals surface area contributed by atoms with Crippen molar-refractivity contribution in [3.05, 3.63) is 66.0 Å². The normalized spacial score (nSPS) is 15.6. The van der Waals surface area contributed by atoms with Crippen molar-refractivity contribution in [1.82, 2.24) is 9.62 Å². The number of piperazine rings is 1. The number of rotatable bonds is 7. The fourth-order valence-corrected chi connectivity index (χ4v) is 5.65. The molecule has 0 unspecified atom stereocenters. The summed E-state index contributed by atoms with van der Waals surface area (Å²) in [5.74, 6) is 0.340. The number of sulfonamides is 1. The number of hydrogen-bond acceptors (Lipinski definition) is 5. The summed E-state index contributed by atoms with van der Waals surface area (Å²) >= 11 is 0. The molecule has 3 aromatic carbocycles. The Labute approximate surface area is 201 Å². The summed E-state index contributed by atoms with van der Waals surface area (Å²) in [7, 11) is -0.108. The van der Waals surface area contributed by atoms with Crippen LogP contribution in [0.2, 0.25) is 0 Å². The zero-order valence-corrected chi connectivity index (χ0v) is 21.0. The smallest absolute Gasteiger partial charge is 0.240 e. The molecule has 0 amide bonds. The number of fused-ring (bicyclic) bond motifs is 1. The zero-order chi connectivity index (χ0) is 24.5. The molecule has 0 bridgehead atoms. The van der Waals surface area contributed by atoms with Gasteiger partial charge in [-0.25, -0.2) is 17.5 Å². The molecule has 1 heterocycles. The number of benzene rings is 3. The van der Waals surface area contributed by atoms with Crippen LogP contribution in [0.15, 0.2) is 59.5 Å². The Balaban J connectivity index is 1.59. The van der Waals surface area contributed by atoms with Crippen LogP contribution in [0, 0.1) is 5.82 Å². The highest BCUT2D eigenvalue weighted by Crippen LogP contribution is 2.33. The Bertz CT molecular complexity index is 1290. The largest absolute Gasteiger partial charge is 0.495 e. The number of likely N-dealkylation sites (N-methyl/N-ethyl adjacent to an activating group) is 1. The van der Waals surface area contributed by atoms with Crippen LogP contribution in [-0.2, 0) is 15.4 Å². The van der Waals surface area contributed by atoms with Crippen molar-refractivity contribution in [1.29, 1.82) is 0 Å². The minimum Gasteiger partial charge on any atom is -0.495 e. The molecule has 34 heavy (non-hydrogen) atoms. The van der Waals surface area contributed by atoms with Crippen molar-refractivity contribution in [2.75, 3.05) is 51.8 Å². The zero-order valence-electron chi connectivity index (χ0n) is 20.1. The molecule has 182 valence electrons. The first kappa shape index (κ1) is 24.4. The molecule has 1 N–H and O–H groups in total. The fraction of sp³-hybridized carbons (Fsp3) is 0.385. The van der Waals surface area contributed by atoms with E-state index in [4.69, 9.17) is 4.74 Å². The Morgan fingerprint density at radius 2 is 1.76 bits per heavy atom. The third-order valence-corrected chi connectivity index (χ3v) is 7.98. The van der Waals surface area contributed by atoms with Gasteiger partial charge in [0.15, 0.2) is 0 Å². The fourth-order valence-electron chi connectivity index (χ4n) is 4.42. The maximum Gasteiger partial charge on any atom is 0.240 e. The van der Waals surface area contributed by atoms with Crippen LogP contribution in [-0.4, -0.2) is 60.2 Å². The standard InChI is InChI=1S/C26H32FN3O3S/c1-26(2,23-7-5-6-19-8-9-20(27)16-22(19)23)18-28-34(31,32)21-10-11-25(33-4)24(17-21)30-14-12-29(3)13-15-30/h5-11,16-17,28H,12-15,18H2,1-4H3. The Hall–Kier alpha value is -2.68. The minimum absolute atomic E-state index is 0.167. The molecule has 6 nitrogen and oxygen atoms in total. The van der Waals surface area contributed by atoms with Gasteiger partial charge in [0, 0.05) is 38.1 Å². The van der Waals surface area contributed by atoms with Crippen molar-refractivity contribution in [2.24, 2.45) is 0 Å². The lowest BCUT2D eigenvalue weighted by atomic mass is 9.82. The number of nitrogens with one attached hydrogen (secondary N) is 1. The third-order valence-electron chi connectivity index (χ3n) is 6.58. The van der Waals surface area contributed by atoms with Crippen molar-refractivity contribution in [3.8, 4) is 5.75 Å². The van der Waals surface area contributed by atoms with Gasteiger partial charge in [0.2, 0.25) is 10.0 Å². The molecule has 0 spiro atoms. The highest BCUT2D eigenvalue weighted by Gasteiger charge is 2.27. The van der Waals surface area contributed by atoms with Gasteiger partial charge in [-0.05, 0) is 53.7 Å². The lowest BCUT2D eigenvalue weighted by Gasteiger charge is -2.35. The van der Waals surface area contributed by atoms with E-state index in [1.807, 2.05) is 32.0 Å². The van der Waals surface area contributed by atoms with Gasteiger partial charge in [0.1, 0.15) is 11.6 Å². The molecule has 0 aromatic heterocycles. The minimum atomic E-state index is -3.78. The quantitative estimate of drug-likeness (QED) is 0.548. The van der Waals surface area contributed by atoms with Gasteiger partial charge in [-0.1, -0.05) is 38.1 Å². The van der Waals surface area contributed by atoms with E-state index >= 15 is 0 Å². The van der Waals surface area contributed by atoms with Crippen LogP contribution in [0.25, 0.3) is 10.8 Å². The average Bonchev–Trinajstić information content (AvgIpc) is 2.82. The first-order chi connectivity index (χ1) is 16.1. The van der Waals surface area contributed by atoms with Gasteiger partial charge >= 0.3 is 0 Å². The molecular formula is C26H32FN3O3S. The van der Waals surface area contributed by atoms with E-state index in [-0.39, 0.29) is 17.3 Å². The molecule has 0 aliphatic carbocycles. The van der Waals surface area contributed by atoms with E-state index in [0.717, 1.165) is 48.2 Å². The van der Waals surface area contributed by atoms with Crippen LogP contribution in [0.3, 0.4) is 0 Å². The second kappa shape index (κ2) is 9.52. The van der Waals surface area contributed by atoms with Gasteiger partial charge in [0.05, 0.1) is 17.7 Å². The molecule has 8 heteroatoms. The second-order valence-corrected chi connectivity index (χ2v) is 11.3. The average molecular weight is 486 g/mol. The van der Waals surface area contributed by atoms with Crippen LogP contribution >= 0.6 is 0 Å². The van der Waals surface area contributed by atoms with Crippen molar-refractivity contribution < 1.29 is 17.5 Å². The second-order valence-electron chi connectivity index (χ2n) is 9.50. The number of hydrogen-bond donors (Lipinski definition) is 1. The number of methoxy groups -OCH3 is 1. The maximum absolute atomic E-state index is 13.9. The first-order valence-corrected chi connectivity index (χ1v) is 12.9. The van der Waals surface area contributed by atoms with Crippen LogP contribution in [0.5, 0.6) is 5.75 Å². The SMILES string of the molecule is COc1ccc(S(=O)(=O)NCC(C)(C)c2cccc3ccc(F)cc23)cc1N1CCN(C)CC1. The predicted octanol–water partition coefficient (Wildman–Crippen LogP) is 4.00. The van der Waals surface area contributed by atoms with Gasteiger partial charge in [-0.3, -0.25) is 0 Å². The van der Waals surface area contributed by atoms with Crippen LogP contribution in [0.1, 0.15) is 19.4 Å². The monoisotopic (exact) mass is 485 g/mol. The molecule has 3 aromatic rings. The van der Waals surface area contributed by atoms with Crippen LogP contribution in [0.4, 0.5) is 10.1 Å². The van der Waals surface area contributed by atoms with Gasteiger partial charge < -0.3 is 14.5 Å². The van der Waals surface area contributed by atoms with Gasteiger partial charge in [0.25, 0.3) is 0 Å². The Morgan fingerprint density at radius 3 is 2.47 bits per heavy atom. The molecule has 1 aliphatic heterocycles. The number of ether oxygens (including phenoxy) is 1. The lowest BCUT2D eigenvalue weighted by Crippen LogP contribution is -2.44. The van der Waals surface area contributed by atoms with E-state index in [1.54, 1.807) is 31.4 Å². The molecule has 0 saturated carbocycles. The molecule has 1 aliphatic rings. The molecule has 0 radical (unpaired) electrons. The van der Waals surface area contributed by atoms with E-state index in [1.165, 1.54) is 12.1 Å². The molecular weight excluding hydrogens is 453 g/mol. The summed E-state index contributed by atoms with van der Waals surface area (Å²) in [6.45, 7) is 7.48. The summed E-state index contributed by atoms with van der Waals surface area (Å²) in [4.78, 5) is 4.60. The molecule has 0 atom stereocenters. The number of anilines is 1. The highest BCUT2D eigenvalue weighted by molar-refractivity contribution is 7.89. The van der Waals surface area contributed by atoms with E-state index in [2.05, 4.69) is 21.6 Å². The summed E-state index contributed by atoms with van der Waals surface area (Å²) in [6, 6.07) is 15.4. The van der Waals surface area contributed by atoms with Gasteiger partial charge in [-0.15, -0.1) is 0 Å². The molecule has 1 fully saturated rings. The Kier molecular flexibility index (Phi) is 6.85. The van der Waals surface area contributed by atoms with Crippen LogP contribution < -0.4 is 14.4 Å². The summed E-state index contributed by atoms with van der Waals surface area (Å²) in [6.07, 6.45) is 0. The first-order valence-electron chi connectivity index (χ1n) is 11.4. The predicted molar refractivity (Wildman–Crippen MR) is 135 cm³/mol. The topological polar surface area (TPSA) is 61.9 Å². The number of halogens is 1. The highest BCUT2D eigenvalue weighted by atomic mass is 32.2. The maximum atomic E-state index is 13.9. The third kappa shape index (κ3) is 5.04. The van der Waals surface area contributed by atoms with E-state index < -0.39 is 15.4 Å².